The van der Waals surface area contributed by atoms with E-state index in [1.165, 1.54) is 0 Å². The van der Waals surface area contributed by atoms with Gasteiger partial charge in [-0.05, 0) is 32.7 Å². The van der Waals surface area contributed by atoms with Gasteiger partial charge in [-0.2, -0.15) is 5.10 Å². The van der Waals surface area contributed by atoms with Crippen LogP contribution in [0.2, 0.25) is 5.02 Å². The fourth-order valence-corrected chi connectivity index (χ4v) is 2.85. The molecule has 5 nitrogen and oxygen atoms in total. The summed E-state index contributed by atoms with van der Waals surface area (Å²) in [7, 11) is 1.96. The van der Waals surface area contributed by atoms with E-state index in [2.05, 4.69) is 10.00 Å². The zero-order chi connectivity index (χ0) is 14.5. The summed E-state index contributed by atoms with van der Waals surface area (Å²) in [5.74, 6) is 0. The van der Waals surface area contributed by atoms with Gasteiger partial charge in [-0.25, -0.2) is 0 Å². The molecule has 0 bridgehead atoms. The van der Waals surface area contributed by atoms with Crippen LogP contribution in [0.15, 0.2) is 0 Å². The summed E-state index contributed by atoms with van der Waals surface area (Å²) in [5, 5.41) is 5.16. The van der Waals surface area contributed by atoms with E-state index in [9.17, 15) is 0 Å². The predicted molar refractivity (Wildman–Crippen MR) is 80.9 cm³/mol. The van der Waals surface area contributed by atoms with Crippen LogP contribution in [0, 0.1) is 6.92 Å². The smallest absolute Gasteiger partial charge is 0.0860 e. The number of piperidine rings is 1. The van der Waals surface area contributed by atoms with Crippen molar-refractivity contribution in [3.63, 3.8) is 0 Å². The highest BCUT2D eigenvalue weighted by atomic mass is 35.5. The van der Waals surface area contributed by atoms with Gasteiger partial charge in [-0.15, -0.1) is 0 Å². The number of rotatable bonds is 6. The Morgan fingerprint density at radius 1 is 1.40 bits per heavy atom. The van der Waals surface area contributed by atoms with Crippen LogP contribution in [0.4, 0.5) is 0 Å². The van der Waals surface area contributed by atoms with Gasteiger partial charge in [-0.1, -0.05) is 11.6 Å². The van der Waals surface area contributed by atoms with Gasteiger partial charge in [0.25, 0.3) is 0 Å². The highest BCUT2D eigenvalue weighted by Gasteiger charge is 2.22. The second-order valence-electron chi connectivity index (χ2n) is 5.46. The number of ether oxygens (including phenoxy) is 1. The summed E-state index contributed by atoms with van der Waals surface area (Å²) in [6.07, 6.45) is 3.50. The molecule has 0 aliphatic carbocycles. The Hall–Kier alpha value is -0.620. The Balaban J connectivity index is 1.79. The first-order valence-corrected chi connectivity index (χ1v) is 7.71. The number of hydrogen-bond acceptors (Lipinski definition) is 4. The number of nitrogens with two attached hydrogens (primary N) is 1. The molecule has 1 aliphatic rings. The summed E-state index contributed by atoms with van der Waals surface area (Å²) in [4.78, 5) is 2.42. The lowest BCUT2D eigenvalue weighted by Crippen LogP contribution is -2.37. The van der Waals surface area contributed by atoms with E-state index in [1.54, 1.807) is 0 Å². The molecule has 1 aromatic rings. The zero-order valence-corrected chi connectivity index (χ0v) is 13.2. The van der Waals surface area contributed by atoms with Crippen LogP contribution in [0.3, 0.4) is 0 Å². The highest BCUT2D eigenvalue weighted by Crippen LogP contribution is 2.23. The molecule has 2 heterocycles. The molecule has 1 aliphatic heterocycles. The zero-order valence-electron chi connectivity index (χ0n) is 12.4. The maximum atomic E-state index is 6.30. The molecule has 20 heavy (non-hydrogen) atoms. The normalized spacial score (nSPS) is 17.8. The molecular weight excluding hydrogens is 276 g/mol. The van der Waals surface area contributed by atoms with Crippen molar-refractivity contribution in [3.8, 4) is 0 Å². The van der Waals surface area contributed by atoms with E-state index < -0.39 is 0 Å². The van der Waals surface area contributed by atoms with Crippen LogP contribution < -0.4 is 5.73 Å². The first-order valence-electron chi connectivity index (χ1n) is 7.33. The first kappa shape index (κ1) is 15.8. The Kier molecular flexibility index (Phi) is 5.84. The molecule has 2 rings (SSSR count). The number of hydrogen-bond donors (Lipinski definition) is 1. The third kappa shape index (κ3) is 3.95. The SMILES string of the molecule is Cc1nn(C)c(CN2CCC(OCCCN)CC2)c1Cl. The largest absolute Gasteiger partial charge is 0.378 e. The molecule has 0 atom stereocenters. The molecule has 0 saturated carbocycles. The third-order valence-electron chi connectivity index (χ3n) is 3.87. The van der Waals surface area contributed by atoms with E-state index in [4.69, 9.17) is 22.1 Å². The topological polar surface area (TPSA) is 56.3 Å². The predicted octanol–water partition coefficient (Wildman–Crippen LogP) is 1.71. The van der Waals surface area contributed by atoms with Gasteiger partial charge in [0, 0.05) is 33.3 Å². The van der Waals surface area contributed by atoms with Crippen LogP contribution in [-0.4, -0.2) is 47.0 Å². The van der Waals surface area contributed by atoms with Gasteiger partial charge in [0.1, 0.15) is 0 Å². The third-order valence-corrected chi connectivity index (χ3v) is 4.36. The molecule has 0 unspecified atom stereocenters. The second-order valence-corrected chi connectivity index (χ2v) is 5.84. The molecular formula is C14H25ClN4O. The van der Waals surface area contributed by atoms with E-state index >= 15 is 0 Å². The lowest BCUT2D eigenvalue weighted by Gasteiger charge is -2.31. The van der Waals surface area contributed by atoms with E-state index in [1.807, 2.05) is 18.7 Å². The fraction of sp³-hybridized carbons (Fsp3) is 0.786. The Labute approximate surface area is 126 Å². The van der Waals surface area contributed by atoms with Crippen molar-refractivity contribution in [2.75, 3.05) is 26.2 Å². The summed E-state index contributed by atoms with van der Waals surface area (Å²) >= 11 is 6.30. The maximum Gasteiger partial charge on any atom is 0.0860 e. The van der Waals surface area contributed by atoms with E-state index in [0.717, 1.165) is 61.9 Å². The van der Waals surface area contributed by atoms with Crippen LogP contribution in [0.25, 0.3) is 0 Å². The molecule has 1 saturated heterocycles. The Morgan fingerprint density at radius 3 is 2.65 bits per heavy atom. The lowest BCUT2D eigenvalue weighted by atomic mass is 10.1. The number of aryl methyl sites for hydroxylation is 2. The number of nitrogens with zero attached hydrogens (tertiary/aromatic N) is 3. The van der Waals surface area contributed by atoms with Crippen LogP contribution >= 0.6 is 11.6 Å². The van der Waals surface area contributed by atoms with Gasteiger partial charge in [-0.3, -0.25) is 9.58 Å². The minimum Gasteiger partial charge on any atom is -0.378 e. The maximum absolute atomic E-state index is 6.30. The quantitative estimate of drug-likeness (QED) is 0.813. The Bertz CT molecular complexity index is 427. The molecule has 1 aromatic heterocycles. The summed E-state index contributed by atoms with van der Waals surface area (Å²) in [5.41, 5.74) is 7.48. The first-order chi connectivity index (χ1) is 9.61. The lowest BCUT2D eigenvalue weighted by molar-refractivity contribution is 0.00522. The van der Waals surface area contributed by atoms with Crippen molar-refractivity contribution in [2.24, 2.45) is 12.8 Å². The second kappa shape index (κ2) is 7.41. The number of likely N-dealkylation sites (tertiary alicyclic amines) is 1. The number of halogens is 1. The summed E-state index contributed by atoms with van der Waals surface area (Å²) in [6.45, 7) is 6.40. The molecule has 114 valence electrons. The monoisotopic (exact) mass is 300 g/mol. The average molecular weight is 301 g/mol. The van der Waals surface area contributed by atoms with Crippen LogP contribution in [-0.2, 0) is 18.3 Å². The van der Waals surface area contributed by atoms with Crippen molar-refractivity contribution in [1.29, 1.82) is 0 Å². The molecule has 0 spiro atoms. The molecule has 6 heteroatoms. The van der Waals surface area contributed by atoms with Gasteiger partial charge in [0.2, 0.25) is 0 Å². The van der Waals surface area contributed by atoms with Gasteiger partial charge in [0.05, 0.1) is 22.5 Å². The van der Waals surface area contributed by atoms with E-state index in [0.29, 0.717) is 12.6 Å². The van der Waals surface area contributed by atoms with Crippen molar-refractivity contribution in [3.05, 3.63) is 16.4 Å². The van der Waals surface area contributed by atoms with Crippen LogP contribution in [0.1, 0.15) is 30.7 Å². The van der Waals surface area contributed by atoms with Crippen molar-refractivity contribution < 1.29 is 4.74 Å². The van der Waals surface area contributed by atoms with Gasteiger partial charge < -0.3 is 10.5 Å². The minimum atomic E-state index is 0.390. The molecule has 1 fully saturated rings. The number of aromatic nitrogens is 2. The standard InChI is InChI=1S/C14H25ClN4O/c1-11-14(15)13(18(2)17-11)10-19-7-4-12(5-8-19)20-9-3-6-16/h12H,3-10,16H2,1-2H3. The molecule has 0 aromatic carbocycles. The highest BCUT2D eigenvalue weighted by molar-refractivity contribution is 6.31. The van der Waals surface area contributed by atoms with Gasteiger partial charge in [0.15, 0.2) is 0 Å². The van der Waals surface area contributed by atoms with Crippen molar-refractivity contribution >= 4 is 11.6 Å². The Morgan fingerprint density at radius 2 is 2.10 bits per heavy atom. The van der Waals surface area contributed by atoms with Crippen LogP contribution in [0.5, 0.6) is 0 Å². The van der Waals surface area contributed by atoms with E-state index in [-0.39, 0.29) is 0 Å². The molecule has 2 N–H and O–H groups in total. The van der Waals surface area contributed by atoms with Gasteiger partial charge >= 0.3 is 0 Å². The average Bonchev–Trinajstić information content (AvgIpc) is 2.67. The molecule has 0 amide bonds. The van der Waals surface area contributed by atoms with Crippen molar-refractivity contribution in [1.82, 2.24) is 14.7 Å². The minimum absolute atomic E-state index is 0.390. The molecule has 0 radical (unpaired) electrons. The summed E-state index contributed by atoms with van der Waals surface area (Å²) in [6, 6.07) is 0. The van der Waals surface area contributed by atoms with Crippen molar-refractivity contribution in [2.45, 2.75) is 38.8 Å². The summed E-state index contributed by atoms with van der Waals surface area (Å²) < 4.78 is 7.71. The fourth-order valence-electron chi connectivity index (χ4n) is 2.63.